The maximum Gasteiger partial charge on any atom is 0.257 e. The van der Waals surface area contributed by atoms with Crippen molar-refractivity contribution >= 4 is 11.7 Å². The molecule has 0 saturated heterocycles. The summed E-state index contributed by atoms with van der Waals surface area (Å²) in [5.41, 5.74) is 1.91. The molecule has 1 atom stereocenters. The molecule has 0 aliphatic carbocycles. The van der Waals surface area contributed by atoms with Gasteiger partial charge in [-0.25, -0.2) is 9.37 Å². The Labute approximate surface area is 175 Å². The van der Waals surface area contributed by atoms with Gasteiger partial charge in [-0.05, 0) is 55.2 Å². The van der Waals surface area contributed by atoms with E-state index in [4.69, 9.17) is 9.47 Å². The van der Waals surface area contributed by atoms with Crippen LogP contribution in [0.4, 0.5) is 10.2 Å². The van der Waals surface area contributed by atoms with Crippen LogP contribution in [-0.4, -0.2) is 35.7 Å². The predicted molar refractivity (Wildman–Crippen MR) is 112 cm³/mol. The Morgan fingerprint density at radius 3 is 2.73 bits per heavy atom. The molecule has 3 aromatic rings. The van der Waals surface area contributed by atoms with Crippen LogP contribution in [0.15, 0.2) is 61.1 Å². The predicted octanol–water partition coefficient (Wildman–Crippen LogP) is 4.07. The molecule has 1 heterocycles. The van der Waals surface area contributed by atoms with E-state index in [9.17, 15) is 9.18 Å². The van der Waals surface area contributed by atoms with E-state index in [2.05, 4.69) is 15.3 Å². The monoisotopic (exact) mass is 409 g/mol. The summed E-state index contributed by atoms with van der Waals surface area (Å²) in [6.45, 7) is 2.30. The molecule has 0 fully saturated rings. The van der Waals surface area contributed by atoms with Gasteiger partial charge in [0, 0.05) is 25.1 Å². The number of carbonyl (C=O) groups excluding carboxylic acids is 1. The highest BCUT2D eigenvalue weighted by atomic mass is 19.1. The van der Waals surface area contributed by atoms with Gasteiger partial charge in [-0.15, -0.1) is 0 Å². The third-order valence-electron chi connectivity index (χ3n) is 4.41. The number of hydrogen-bond donors (Lipinski definition) is 1. The minimum Gasteiger partial charge on any atom is -0.488 e. The average molecular weight is 409 g/mol. The largest absolute Gasteiger partial charge is 0.488 e. The van der Waals surface area contributed by atoms with E-state index in [1.165, 1.54) is 24.7 Å². The molecule has 1 amide bonds. The van der Waals surface area contributed by atoms with Gasteiger partial charge in [0.05, 0.1) is 12.8 Å². The maximum atomic E-state index is 14.0. The van der Waals surface area contributed by atoms with Crippen molar-refractivity contribution in [2.45, 2.75) is 25.9 Å². The van der Waals surface area contributed by atoms with Crippen molar-refractivity contribution in [3.63, 3.8) is 0 Å². The van der Waals surface area contributed by atoms with Crippen molar-refractivity contribution in [1.82, 2.24) is 9.97 Å². The summed E-state index contributed by atoms with van der Waals surface area (Å²) in [6.07, 6.45) is 5.38. The molecule has 7 heteroatoms. The van der Waals surface area contributed by atoms with Gasteiger partial charge < -0.3 is 14.8 Å². The highest BCUT2D eigenvalue weighted by Crippen LogP contribution is 2.22. The lowest BCUT2D eigenvalue weighted by Gasteiger charge is -2.16. The number of halogens is 1. The van der Waals surface area contributed by atoms with Crippen LogP contribution in [-0.2, 0) is 17.6 Å². The fourth-order valence-electron chi connectivity index (χ4n) is 3.04. The van der Waals surface area contributed by atoms with Gasteiger partial charge in [0.2, 0.25) is 0 Å². The first-order valence-electron chi connectivity index (χ1n) is 9.65. The molecule has 0 aliphatic heterocycles. The number of ether oxygens (including phenoxy) is 2. The number of aryl methyl sites for hydroxylation is 2. The summed E-state index contributed by atoms with van der Waals surface area (Å²) in [6, 6.07) is 12.0. The highest BCUT2D eigenvalue weighted by molar-refractivity contribution is 6.04. The first kappa shape index (κ1) is 21.4. The minimum atomic E-state index is -0.326. The number of amides is 1. The van der Waals surface area contributed by atoms with E-state index in [0.717, 1.165) is 5.56 Å². The van der Waals surface area contributed by atoms with Crippen molar-refractivity contribution in [3.05, 3.63) is 83.6 Å². The number of carbonyl (C=O) groups is 1. The zero-order valence-corrected chi connectivity index (χ0v) is 17.0. The van der Waals surface area contributed by atoms with Gasteiger partial charge in [0.15, 0.2) is 5.82 Å². The van der Waals surface area contributed by atoms with E-state index < -0.39 is 0 Å². The van der Waals surface area contributed by atoms with Crippen LogP contribution in [0, 0.1) is 5.82 Å². The third kappa shape index (κ3) is 6.09. The zero-order chi connectivity index (χ0) is 21.3. The van der Waals surface area contributed by atoms with Crippen LogP contribution >= 0.6 is 0 Å². The summed E-state index contributed by atoms with van der Waals surface area (Å²) in [5.74, 6) is 0.344. The van der Waals surface area contributed by atoms with Crippen molar-refractivity contribution in [2.24, 2.45) is 0 Å². The number of nitrogens with one attached hydrogen (secondary N) is 1. The van der Waals surface area contributed by atoms with Crippen molar-refractivity contribution in [1.29, 1.82) is 0 Å². The lowest BCUT2D eigenvalue weighted by Crippen LogP contribution is -2.19. The van der Waals surface area contributed by atoms with Crippen LogP contribution in [0.1, 0.15) is 28.4 Å². The Balaban J connectivity index is 1.82. The van der Waals surface area contributed by atoms with Crippen molar-refractivity contribution < 1.29 is 18.7 Å². The van der Waals surface area contributed by atoms with E-state index in [0.29, 0.717) is 42.1 Å². The highest BCUT2D eigenvalue weighted by Gasteiger charge is 2.13. The first-order valence-corrected chi connectivity index (χ1v) is 9.65. The molecule has 30 heavy (non-hydrogen) atoms. The summed E-state index contributed by atoms with van der Waals surface area (Å²) in [4.78, 5) is 20.7. The van der Waals surface area contributed by atoms with Crippen LogP contribution in [0.3, 0.4) is 0 Å². The van der Waals surface area contributed by atoms with E-state index in [1.807, 2.05) is 19.1 Å². The molecule has 3 rings (SSSR count). The molecule has 1 N–H and O–H groups in total. The molecular formula is C23H24FN3O3. The number of anilines is 1. The molecule has 0 saturated carbocycles. The topological polar surface area (TPSA) is 73.3 Å². The SMILES string of the molecule is COC[C@H](C)Oc1cc(CCc2ccccc2F)cc(C(=O)Nc2cnccn2)c1. The van der Waals surface area contributed by atoms with Gasteiger partial charge in [0.25, 0.3) is 5.91 Å². The van der Waals surface area contributed by atoms with Crippen LogP contribution in [0.25, 0.3) is 0 Å². The summed E-state index contributed by atoms with van der Waals surface area (Å²) in [7, 11) is 1.60. The molecule has 0 bridgehead atoms. The van der Waals surface area contributed by atoms with E-state index >= 15 is 0 Å². The first-order chi connectivity index (χ1) is 14.5. The van der Waals surface area contributed by atoms with Gasteiger partial charge in [-0.2, -0.15) is 0 Å². The number of benzene rings is 2. The summed E-state index contributed by atoms with van der Waals surface area (Å²) >= 11 is 0. The number of nitrogens with zero attached hydrogens (tertiary/aromatic N) is 2. The van der Waals surface area contributed by atoms with Gasteiger partial charge in [-0.3, -0.25) is 9.78 Å². The molecule has 1 aromatic heterocycles. The van der Waals surface area contributed by atoms with Gasteiger partial charge in [-0.1, -0.05) is 18.2 Å². The quantitative estimate of drug-likeness (QED) is 0.577. The Kier molecular flexibility index (Phi) is 7.45. The fourth-order valence-corrected chi connectivity index (χ4v) is 3.04. The Hall–Kier alpha value is -3.32. The van der Waals surface area contributed by atoms with Crippen LogP contribution in [0.5, 0.6) is 5.75 Å². The maximum absolute atomic E-state index is 14.0. The zero-order valence-electron chi connectivity index (χ0n) is 17.0. The number of aromatic nitrogens is 2. The Morgan fingerprint density at radius 2 is 2.00 bits per heavy atom. The van der Waals surface area contributed by atoms with Crippen molar-refractivity contribution in [3.8, 4) is 5.75 Å². The van der Waals surface area contributed by atoms with Crippen LogP contribution in [0.2, 0.25) is 0 Å². The second kappa shape index (κ2) is 10.5. The number of methoxy groups -OCH3 is 1. The second-order valence-corrected chi connectivity index (χ2v) is 6.89. The molecule has 0 spiro atoms. The smallest absolute Gasteiger partial charge is 0.257 e. The van der Waals surface area contributed by atoms with Gasteiger partial charge >= 0.3 is 0 Å². The standard InChI is InChI=1S/C23H24FN3O3/c1-16(15-29-2)30-20-12-17(7-8-18-5-3-4-6-21(18)24)11-19(13-20)23(28)27-22-14-25-9-10-26-22/h3-6,9-14,16H,7-8,15H2,1-2H3,(H,26,27,28)/t16-/m0/s1. The molecule has 156 valence electrons. The normalized spacial score (nSPS) is 11.7. The minimum absolute atomic E-state index is 0.187. The Bertz CT molecular complexity index is 982. The van der Waals surface area contributed by atoms with Gasteiger partial charge in [0.1, 0.15) is 17.7 Å². The third-order valence-corrected chi connectivity index (χ3v) is 4.41. The van der Waals surface area contributed by atoms with Crippen molar-refractivity contribution in [2.75, 3.05) is 19.0 Å². The average Bonchev–Trinajstić information content (AvgIpc) is 2.74. The molecule has 0 unspecified atom stereocenters. The summed E-state index contributed by atoms with van der Waals surface area (Å²) in [5, 5.41) is 2.72. The van der Waals surface area contributed by atoms with E-state index in [-0.39, 0.29) is 17.8 Å². The molecule has 6 nitrogen and oxygen atoms in total. The van der Waals surface area contributed by atoms with Crippen LogP contribution < -0.4 is 10.1 Å². The lowest BCUT2D eigenvalue weighted by molar-refractivity contribution is 0.0916. The molecular weight excluding hydrogens is 385 g/mol. The lowest BCUT2D eigenvalue weighted by atomic mass is 10.0. The fraction of sp³-hybridized carbons (Fsp3) is 0.261. The Morgan fingerprint density at radius 1 is 1.17 bits per heavy atom. The molecule has 0 radical (unpaired) electrons. The number of rotatable bonds is 9. The summed E-state index contributed by atoms with van der Waals surface area (Å²) < 4.78 is 25.0. The van der Waals surface area contributed by atoms with E-state index in [1.54, 1.807) is 31.4 Å². The molecule has 2 aromatic carbocycles. The number of hydrogen-bond acceptors (Lipinski definition) is 5. The molecule has 0 aliphatic rings. The second-order valence-electron chi connectivity index (χ2n) is 6.89.